The highest BCUT2D eigenvalue weighted by Gasteiger charge is 2.38. The highest BCUT2D eigenvalue weighted by atomic mass is 19.1. The van der Waals surface area contributed by atoms with Gasteiger partial charge in [0.2, 0.25) is 5.91 Å². The van der Waals surface area contributed by atoms with Crippen molar-refractivity contribution in [1.29, 1.82) is 0 Å². The lowest BCUT2D eigenvalue weighted by Crippen LogP contribution is -2.33. The third-order valence-corrected chi connectivity index (χ3v) is 4.51. The number of nitrogens with zero attached hydrogens (tertiary/aromatic N) is 1. The molecule has 3 amide bonds. The van der Waals surface area contributed by atoms with Gasteiger partial charge in [0, 0.05) is 38.6 Å². The number of ether oxygens (including phenoxy) is 1. The summed E-state index contributed by atoms with van der Waals surface area (Å²) in [5.41, 5.74) is 1.93. The number of benzene rings is 2. The Kier molecular flexibility index (Phi) is 6.58. The zero-order valence-corrected chi connectivity index (χ0v) is 16.7. The number of methoxy groups -OCH3 is 1. The maximum Gasteiger partial charge on any atom is 0.278 e. The first-order valence-corrected chi connectivity index (χ1v) is 9.40. The third-order valence-electron chi connectivity index (χ3n) is 4.51. The molecule has 2 aromatic rings. The van der Waals surface area contributed by atoms with Crippen LogP contribution in [0.1, 0.15) is 18.9 Å². The van der Waals surface area contributed by atoms with Crippen molar-refractivity contribution < 1.29 is 23.5 Å². The Morgan fingerprint density at radius 2 is 1.63 bits per heavy atom. The van der Waals surface area contributed by atoms with E-state index in [9.17, 15) is 18.8 Å². The predicted octanol–water partition coefficient (Wildman–Crippen LogP) is 3.01. The number of hydrogen-bond donors (Lipinski definition) is 2. The smallest absolute Gasteiger partial charge is 0.278 e. The number of amides is 3. The van der Waals surface area contributed by atoms with Crippen LogP contribution < -0.4 is 10.6 Å². The Morgan fingerprint density at radius 3 is 2.23 bits per heavy atom. The minimum absolute atomic E-state index is 0.122. The minimum atomic E-state index is -0.457. The molecule has 0 saturated heterocycles. The van der Waals surface area contributed by atoms with E-state index in [2.05, 4.69) is 10.6 Å². The monoisotopic (exact) mass is 411 g/mol. The maximum atomic E-state index is 13.4. The van der Waals surface area contributed by atoms with Gasteiger partial charge in [-0.15, -0.1) is 0 Å². The van der Waals surface area contributed by atoms with Crippen LogP contribution in [0.5, 0.6) is 0 Å². The van der Waals surface area contributed by atoms with Gasteiger partial charge in [-0.1, -0.05) is 12.1 Å². The standard InChI is InChI=1S/C22H22FN3O4/c1-14(27)24-17-8-10-18(11-9-17)25-20-19(15-4-6-16(23)7-5-15)21(28)26(22(20)29)12-3-13-30-2/h4-11,25H,3,12-13H2,1-2H3,(H,24,27). The van der Waals surface area contributed by atoms with Crippen molar-refractivity contribution in [2.45, 2.75) is 13.3 Å². The number of carbonyl (C=O) groups is 3. The van der Waals surface area contributed by atoms with Crippen LogP contribution in [-0.2, 0) is 19.1 Å². The van der Waals surface area contributed by atoms with Crippen molar-refractivity contribution in [2.75, 3.05) is 30.9 Å². The number of halogens is 1. The van der Waals surface area contributed by atoms with E-state index in [1.165, 1.54) is 31.2 Å². The van der Waals surface area contributed by atoms with Gasteiger partial charge in [-0.2, -0.15) is 0 Å². The van der Waals surface area contributed by atoms with Crippen molar-refractivity contribution in [3.8, 4) is 0 Å². The van der Waals surface area contributed by atoms with Gasteiger partial charge in [-0.25, -0.2) is 4.39 Å². The molecular weight excluding hydrogens is 389 g/mol. The molecule has 1 aliphatic heterocycles. The van der Waals surface area contributed by atoms with Crippen LogP contribution in [0.15, 0.2) is 54.2 Å². The molecule has 0 fully saturated rings. The van der Waals surface area contributed by atoms with Crippen LogP contribution in [0.2, 0.25) is 0 Å². The highest BCUT2D eigenvalue weighted by Crippen LogP contribution is 2.31. The number of hydrogen-bond acceptors (Lipinski definition) is 5. The van der Waals surface area contributed by atoms with E-state index in [-0.39, 0.29) is 23.7 Å². The average molecular weight is 411 g/mol. The van der Waals surface area contributed by atoms with Crippen LogP contribution in [0.3, 0.4) is 0 Å². The molecule has 7 nitrogen and oxygen atoms in total. The van der Waals surface area contributed by atoms with E-state index >= 15 is 0 Å². The number of rotatable bonds is 8. The molecule has 0 unspecified atom stereocenters. The summed E-state index contributed by atoms with van der Waals surface area (Å²) in [6.45, 7) is 2.03. The molecule has 3 rings (SSSR count). The van der Waals surface area contributed by atoms with Crippen LogP contribution >= 0.6 is 0 Å². The van der Waals surface area contributed by atoms with E-state index in [1.807, 2.05) is 0 Å². The van der Waals surface area contributed by atoms with E-state index < -0.39 is 17.6 Å². The fraction of sp³-hybridized carbons (Fsp3) is 0.227. The fourth-order valence-electron chi connectivity index (χ4n) is 3.13. The lowest BCUT2D eigenvalue weighted by Gasteiger charge is -2.15. The number of imide groups is 1. The van der Waals surface area contributed by atoms with Gasteiger partial charge >= 0.3 is 0 Å². The van der Waals surface area contributed by atoms with Gasteiger partial charge in [-0.05, 0) is 48.4 Å². The number of carbonyl (C=O) groups excluding carboxylic acids is 3. The average Bonchev–Trinajstić information content (AvgIpc) is 2.94. The highest BCUT2D eigenvalue weighted by molar-refractivity contribution is 6.36. The molecule has 0 atom stereocenters. The summed E-state index contributed by atoms with van der Waals surface area (Å²) in [7, 11) is 1.55. The van der Waals surface area contributed by atoms with Crippen LogP contribution in [-0.4, -0.2) is 42.9 Å². The molecule has 8 heteroatoms. The molecule has 1 aliphatic rings. The van der Waals surface area contributed by atoms with E-state index in [0.29, 0.717) is 30.0 Å². The van der Waals surface area contributed by atoms with Crippen molar-refractivity contribution in [3.63, 3.8) is 0 Å². The molecule has 0 aliphatic carbocycles. The predicted molar refractivity (Wildman–Crippen MR) is 111 cm³/mol. The first kappa shape index (κ1) is 21.2. The van der Waals surface area contributed by atoms with Crippen LogP contribution in [0, 0.1) is 5.82 Å². The second-order valence-electron chi connectivity index (χ2n) is 6.75. The minimum Gasteiger partial charge on any atom is -0.385 e. The molecular formula is C22H22FN3O4. The summed E-state index contributed by atoms with van der Waals surface area (Å²) < 4.78 is 18.4. The van der Waals surface area contributed by atoms with Gasteiger partial charge in [0.15, 0.2) is 0 Å². The van der Waals surface area contributed by atoms with Gasteiger partial charge in [0.05, 0.1) is 5.57 Å². The Bertz CT molecular complexity index is 984. The summed E-state index contributed by atoms with van der Waals surface area (Å²) in [5.74, 6) is -1.53. The van der Waals surface area contributed by atoms with Crippen LogP contribution in [0.4, 0.5) is 15.8 Å². The Balaban J connectivity index is 1.92. The van der Waals surface area contributed by atoms with Crippen molar-refractivity contribution >= 4 is 34.7 Å². The molecule has 30 heavy (non-hydrogen) atoms. The molecule has 0 radical (unpaired) electrons. The molecule has 2 aromatic carbocycles. The van der Waals surface area contributed by atoms with Gasteiger partial charge in [-0.3, -0.25) is 19.3 Å². The second-order valence-corrected chi connectivity index (χ2v) is 6.75. The summed E-state index contributed by atoms with van der Waals surface area (Å²) >= 11 is 0. The SMILES string of the molecule is COCCCN1C(=O)C(Nc2ccc(NC(C)=O)cc2)=C(c2ccc(F)cc2)C1=O. The Hall–Kier alpha value is -3.52. The Labute approximate surface area is 173 Å². The largest absolute Gasteiger partial charge is 0.385 e. The van der Waals surface area contributed by atoms with Crippen molar-refractivity contribution in [2.24, 2.45) is 0 Å². The van der Waals surface area contributed by atoms with Crippen molar-refractivity contribution in [1.82, 2.24) is 4.90 Å². The summed E-state index contributed by atoms with van der Waals surface area (Å²) in [6.07, 6.45) is 0.503. The fourth-order valence-corrected chi connectivity index (χ4v) is 3.13. The summed E-state index contributed by atoms with van der Waals surface area (Å²) in [4.78, 5) is 38.3. The molecule has 2 N–H and O–H groups in total. The molecule has 0 spiro atoms. The molecule has 0 bridgehead atoms. The lowest BCUT2D eigenvalue weighted by atomic mass is 10.0. The van der Waals surface area contributed by atoms with Gasteiger partial charge < -0.3 is 15.4 Å². The van der Waals surface area contributed by atoms with E-state index in [0.717, 1.165) is 4.90 Å². The first-order chi connectivity index (χ1) is 14.4. The number of nitrogens with one attached hydrogen (secondary N) is 2. The van der Waals surface area contributed by atoms with Gasteiger partial charge in [0.1, 0.15) is 11.5 Å². The zero-order chi connectivity index (χ0) is 21.7. The van der Waals surface area contributed by atoms with Gasteiger partial charge in [0.25, 0.3) is 11.8 Å². The molecule has 0 saturated carbocycles. The first-order valence-electron chi connectivity index (χ1n) is 9.40. The second kappa shape index (κ2) is 9.32. The quantitative estimate of drug-likeness (QED) is 0.515. The topological polar surface area (TPSA) is 87.7 Å². The molecule has 156 valence electrons. The third kappa shape index (κ3) is 4.72. The van der Waals surface area contributed by atoms with E-state index in [1.54, 1.807) is 31.4 Å². The maximum absolute atomic E-state index is 13.4. The van der Waals surface area contributed by atoms with Crippen LogP contribution in [0.25, 0.3) is 5.57 Å². The summed E-state index contributed by atoms with van der Waals surface area (Å²) in [5, 5.41) is 5.68. The Morgan fingerprint density at radius 1 is 1.00 bits per heavy atom. The molecule has 0 aromatic heterocycles. The summed E-state index contributed by atoms with van der Waals surface area (Å²) in [6, 6.07) is 12.2. The normalized spacial score (nSPS) is 13.8. The van der Waals surface area contributed by atoms with Crippen molar-refractivity contribution in [3.05, 3.63) is 65.6 Å². The van der Waals surface area contributed by atoms with E-state index in [4.69, 9.17) is 4.74 Å². The number of anilines is 2. The lowest BCUT2D eigenvalue weighted by molar-refractivity contribution is -0.137. The molecule has 1 heterocycles. The zero-order valence-electron chi connectivity index (χ0n) is 16.7.